The van der Waals surface area contributed by atoms with Gasteiger partial charge in [-0.15, -0.1) is 5.92 Å². The van der Waals surface area contributed by atoms with E-state index in [9.17, 15) is 4.79 Å². The van der Waals surface area contributed by atoms with Crippen LogP contribution in [0.4, 0.5) is 14.6 Å². The van der Waals surface area contributed by atoms with Crippen molar-refractivity contribution in [2.75, 3.05) is 18.4 Å². The van der Waals surface area contributed by atoms with E-state index in [1.165, 1.54) is 24.7 Å². The van der Waals surface area contributed by atoms with E-state index in [4.69, 9.17) is 0 Å². The molecule has 6 nitrogen and oxygen atoms in total. The van der Waals surface area contributed by atoms with Crippen LogP contribution < -0.4 is 5.32 Å². The summed E-state index contributed by atoms with van der Waals surface area (Å²) in [6, 6.07) is 11.3. The first-order chi connectivity index (χ1) is 17.6. The molecule has 180 valence electrons. The lowest BCUT2D eigenvalue weighted by Crippen LogP contribution is -2.24. The molecule has 3 heterocycles. The van der Waals surface area contributed by atoms with Crippen LogP contribution in [0.2, 0.25) is 0 Å². The summed E-state index contributed by atoms with van der Waals surface area (Å²) >= 11 is 0. The number of likely N-dealkylation sites (tertiary alicyclic amines) is 1. The second kappa shape index (κ2) is 10.2. The zero-order valence-electron chi connectivity index (χ0n) is 19.6. The Bertz CT molecular complexity index is 1500. The van der Waals surface area contributed by atoms with Gasteiger partial charge < -0.3 is 5.32 Å². The molecule has 1 amide bonds. The molecule has 1 N–H and O–H groups in total. The predicted molar refractivity (Wildman–Crippen MR) is 134 cm³/mol. The van der Waals surface area contributed by atoms with Crippen LogP contribution in [0.5, 0.6) is 0 Å². The molecule has 4 aromatic rings. The number of anilines is 1. The van der Waals surface area contributed by atoms with Gasteiger partial charge in [0.2, 0.25) is 0 Å². The van der Waals surface area contributed by atoms with Crippen LogP contribution in [0.25, 0.3) is 22.0 Å². The summed E-state index contributed by atoms with van der Waals surface area (Å²) in [5.74, 6) is 3.23. The van der Waals surface area contributed by atoms with Gasteiger partial charge in [0.05, 0.1) is 17.6 Å². The zero-order chi connectivity index (χ0) is 25.1. The van der Waals surface area contributed by atoms with Gasteiger partial charge in [-0.1, -0.05) is 18.1 Å². The Hall–Kier alpha value is -4.22. The van der Waals surface area contributed by atoms with Crippen LogP contribution in [0.1, 0.15) is 41.7 Å². The number of rotatable bonds is 5. The third kappa shape index (κ3) is 4.53. The topological polar surface area (TPSA) is 71.0 Å². The van der Waals surface area contributed by atoms with Gasteiger partial charge in [-0.25, -0.2) is 23.7 Å². The van der Waals surface area contributed by atoms with Gasteiger partial charge in [-0.2, -0.15) is 0 Å². The van der Waals surface area contributed by atoms with Crippen molar-refractivity contribution in [1.29, 1.82) is 0 Å². The molecule has 2 aromatic heterocycles. The van der Waals surface area contributed by atoms with E-state index in [1.54, 1.807) is 30.5 Å². The minimum Gasteiger partial charge on any atom is -0.306 e. The zero-order valence-corrected chi connectivity index (χ0v) is 19.6. The maximum absolute atomic E-state index is 15.4. The molecule has 1 fully saturated rings. The van der Waals surface area contributed by atoms with E-state index < -0.39 is 23.1 Å². The highest BCUT2D eigenvalue weighted by Gasteiger charge is 2.28. The number of benzene rings is 2. The Labute approximate surface area is 207 Å². The maximum Gasteiger partial charge on any atom is 0.259 e. The second-order valence-corrected chi connectivity index (χ2v) is 8.54. The first-order valence-electron chi connectivity index (χ1n) is 11.6. The molecule has 1 saturated heterocycles. The monoisotopic (exact) mass is 483 g/mol. The predicted octanol–water partition coefficient (Wildman–Crippen LogP) is 5.38. The summed E-state index contributed by atoms with van der Waals surface area (Å²) in [5.41, 5.74) is 1.87. The molecule has 1 unspecified atom stereocenters. The van der Waals surface area contributed by atoms with Gasteiger partial charge in [0.15, 0.2) is 11.6 Å². The molecule has 0 bridgehead atoms. The van der Waals surface area contributed by atoms with Crippen LogP contribution >= 0.6 is 0 Å². The summed E-state index contributed by atoms with van der Waals surface area (Å²) in [7, 11) is 0. The molecule has 8 heteroatoms. The normalized spacial score (nSPS) is 15.5. The van der Waals surface area contributed by atoms with Crippen molar-refractivity contribution < 1.29 is 13.6 Å². The number of hydrogen-bond acceptors (Lipinski definition) is 5. The molecule has 2 aromatic carbocycles. The number of hydrogen-bond donors (Lipinski definition) is 1. The molecular formula is C28H23F2N5O. The Morgan fingerprint density at radius 1 is 1.17 bits per heavy atom. The first-order valence-corrected chi connectivity index (χ1v) is 11.6. The third-order valence-corrected chi connectivity index (χ3v) is 6.36. The van der Waals surface area contributed by atoms with Gasteiger partial charge >= 0.3 is 0 Å². The highest BCUT2D eigenvalue weighted by molar-refractivity contribution is 6.04. The fourth-order valence-electron chi connectivity index (χ4n) is 4.66. The van der Waals surface area contributed by atoms with Crippen molar-refractivity contribution in [1.82, 2.24) is 19.9 Å². The highest BCUT2D eigenvalue weighted by Crippen LogP contribution is 2.38. The summed E-state index contributed by atoms with van der Waals surface area (Å²) in [4.78, 5) is 27.5. The van der Waals surface area contributed by atoms with Crippen molar-refractivity contribution in [3.8, 4) is 23.0 Å². The lowest BCUT2D eigenvalue weighted by atomic mass is 9.94. The Morgan fingerprint density at radius 3 is 2.86 bits per heavy atom. The van der Waals surface area contributed by atoms with Gasteiger partial charge in [-0.05, 0) is 67.8 Å². The Kier molecular flexibility index (Phi) is 6.65. The lowest BCUT2D eigenvalue weighted by Gasteiger charge is -2.24. The van der Waals surface area contributed by atoms with Crippen LogP contribution in [0, 0.1) is 23.5 Å². The Morgan fingerprint density at radius 2 is 2.06 bits per heavy atom. The van der Waals surface area contributed by atoms with Crippen LogP contribution in [0.15, 0.2) is 61.2 Å². The molecule has 1 aliphatic heterocycles. The molecule has 0 saturated carbocycles. The number of nitrogens with zero attached hydrogens (tertiary/aromatic N) is 4. The summed E-state index contributed by atoms with van der Waals surface area (Å²) < 4.78 is 30.5. The smallest absolute Gasteiger partial charge is 0.259 e. The second-order valence-electron chi connectivity index (χ2n) is 8.54. The number of amides is 1. The van der Waals surface area contributed by atoms with Crippen LogP contribution in [-0.4, -0.2) is 38.8 Å². The Balaban J connectivity index is 1.55. The standard InChI is InChI=1S/C28H23F2N5O/c1-2-3-12-35-13-6-7-23(35)22-15-18(14-19-16-31-17-33-27(19)22)20-9-10-21(26(30)25(20)29)28(36)34-24-8-4-5-11-32-24/h4-5,8-11,14-17,23H,6-7,12-13H2,1H3,(H,32,34,36). The molecule has 5 rings (SSSR count). The van der Waals surface area contributed by atoms with E-state index in [2.05, 4.69) is 37.0 Å². The van der Waals surface area contributed by atoms with Crippen molar-refractivity contribution in [3.05, 3.63) is 83.9 Å². The maximum atomic E-state index is 15.4. The number of fused-ring (bicyclic) bond motifs is 1. The molecule has 0 spiro atoms. The fourth-order valence-corrected chi connectivity index (χ4v) is 4.66. The largest absolute Gasteiger partial charge is 0.306 e. The van der Waals surface area contributed by atoms with Gasteiger partial charge in [0, 0.05) is 29.4 Å². The molecule has 1 atom stereocenters. The van der Waals surface area contributed by atoms with Crippen molar-refractivity contribution >= 4 is 22.6 Å². The lowest BCUT2D eigenvalue weighted by molar-refractivity contribution is 0.102. The van der Waals surface area contributed by atoms with E-state index in [0.717, 1.165) is 35.9 Å². The molecular weight excluding hydrogens is 460 g/mol. The third-order valence-electron chi connectivity index (χ3n) is 6.36. The number of carbonyl (C=O) groups excluding carboxylic acids is 1. The SMILES string of the molecule is CC#CCN1CCCC1c1cc(-c2ccc(C(=O)Nc3ccccn3)c(F)c2F)cc2cncnc12. The number of nitrogens with one attached hydrogen (secondary N) is 1. The van der Waals surface area contributed by atoms with Crippen molar-refractivity contribution in [2.45, 2.75) is 25.8 Å². The fraction of sp³-hybridized carbons (Fsp3) is 0.214. The number of halogens is 2. The van der Waals surface area contributed by atoms with E-state index >= 15 is 8.78 Å². The minimum atomic E-state index is -1.22. The number of pyridine rings is 1. The van der Waals surface area contributed by atoms with Gasteiger partial charge in [-0.3, -0.25) is 9.69 Å². The average molecular weight is 484 g/mol. The summed E-state index contributed by atoms with van der Waals surface area (Å²) in [6.45, 7) is 3.34. The molecule has 0 radical (unpaired) electrons. The highest BCUT2D eigenvalue weighted by atomic mass is 19.2. The van der Waals surface area contributed by atoms with Gasteiger partial charge in [0.25, 0.3) is 5.91 Å². The van der Waals surface area contributed by atoms with Crippen LogP contribution in [-0.2, 0) is 0 Å². The quantitative estimate of drug-likeness (QED) is 0.386. The molecule has 36 heavy (non-hydrogen) atoms. The molecule has 0 aliphatic carbocycles. The first kappa shape index (κ1) is 23.5. The molecule has 1 aliphatic rings. The van der Waals surface area contributed by atoms with E-state index in [1.807, 2.05) is 13.0 Å². The minimum absolute atomic E-state index is 0.0551. The van der Waals surface area contributed by atoms with E-state index in [-0.39, 0.29) is 17.4 Å². The van der Waals surface area contributed by atoms with Crippen LogP contribution in [0.3, 0.4) is 0 Å². The summed E-state index contributed by atoms with van der Waals surface area (Å²) in [6.07, 6.45) is 6.58. The number of carbonyl (C=O) groups is 1. The average Bonchev–Trinajstić information content (AvgIpc) is 3.37. The van der Waals surface area contributed by atoms with E-state index in [0.29, 0.717) is 12.1 Å². The van der Waals surface area contributed by atoms with Gasteiger partial charge in [0.1, 0.15) is 12.1 Å². The summed E-state index contributed by atoms with van der Waals surface area (Å²) in [5, 5.41) is 3.22. The van der Waals surface area contributed by atoms with Crippen molar-refractivity contribution in [2.24, 2.45) is 0 Å². The van der Waals surface area contributed by atoms with Crippen molar-refractivity contribution in [3.63, 3.8) is 0 Å². The number of aromatic nitrogens is 3.